The molecule has 2 aromatic carbocycles. The van der Waals surface area contributed by atoms with E-state index in [1.807, 2.05) is 25.1 Å². The van der Waals surface area contributed by atoms with Crippen LogP contribution in [0.15, 0.2) is 42.5 Å². The molecular formula is C13H12O. The quantitative estimate of drug-likeness (QED) is 0.655. The predicted octanol–water partition coefficient (Wildman–Crippen LogP) is 3.14. The summed E-state index contributed by atoms with van der Waals surface area (Å²) in [6, 6.07) is 14.3. The molecule has 0 spiro atoms. The summed E-state index contributed by atoms with van der Waals surface area (Å²) in [5.41, 5.74) is 1.08. The summed E-state index contributed by atoms with van der Waals surface area (Å²) < 4.78 is 0. The molecule has 0 unspecified atom stereocenters. The lowest BCUT2D eigenvalue weighted by molar-refractivity contribution is -0.108. The first-order valence-electron chi connectivity index (χ1n) is 4.75. The van der Waals surface area contributed by atoms with E-state index in [-0.39, 0.29) is 5.92 Å². The summed E-state index contributed by atoms with van der Waals surface area (Å²) in [4.78, 5) is 10.6. The number of fused-ring (bicyclic) bond motifs is 1. The van der Waals surface area contributed by atoms with Gasteiger partial charge in [0.1, 0.15) is 6.29 Å². The monoisotopic (exact) mass is 184 g/mol. The summed E-state index contributed by atoms with van der Waals surface area (Å²) in [5, 5.41) is 2.41. The standard InChI is InChI=1S/C13H12O/c1-10(9-14)12-7-6-11-4-2-3-5-13(11)8-12/h2-10H,1H3/t10-/m1/s1. The van der Waals surface area contributed by atoms with Gasteiger partial charge in [0.25, 0.3) is 0 Å². The highest BCUT2D eigenvalue weighted by molar-refractivity contribution is 5.83. The summed E-state index contributed by atoms with van der Waals surface area (Å²) in [7, 11) is 0. The number of hydrogen-bond donors (Lipinski definition) is 0. The van der Waals surface area contributed by atoms with Gasteiger partial charge in [-0.05, 0) is 16.3 Å². The molecule has 0 saturated carbocycles. The van der Waals surface area contributed by atoms with Gasteiger partial charge in [-0.1, -0.05) is 49.4 Å². The van der Waals surface area contributed by atoms with Crippen molar-refractivity contribution >= 4 is 17.1 Å². The lowest BCUT2D eigenvalue weighted by Crippen LogP contribution is -1.93. The Hall–Kier alpha value is -1.63. The van der Waals surface area contributed by atoms with E-state index in [2.05, 4.69) is 24.3 Å². The van der Waals surface area contributed by atoms with Crippen molar-refractivity contribution in [1.82, 2.24) is 0 Å². The molecule has 0 fully saturated rings. The topological polar surface area (TPSA) is 17.1 Å². The fraction of sp³-hybridized carbons (Fsp3) is 0.154. The van der Waals surface area contributed by atoms with Gasteiger partial charge in [0, 0.05) is 5.92 Å². The van der Waals surface area contributed by atoms with Crippen LogP contribution in [0.2, 0.25) is 0 Å². The van der Waals surface area contributed by atoms with Crippen molar-refractivity contribution in [2.45, 2.75) is 12.8 Å². The highest BCUT2D eigenvalue weighted by atomic mass is 16.1. The van der Waals surface area contributed by atoms with Crippen LogP contribution in [0, 0.1) is 0 Å². The normalized spacial score (nSPS) is 12.6. The Balaban J connectivity index is 2.56. The van der Waals surface area contributed by atoms with Crippen LogP contribution >= 0.6 is 0 Å². The van der Waals surface area contributed by atoms with E-state index >= 15 is 0 Å². The molecule has 1 nitrogen and oxygen atoms in total. The fourth-order valence-corrected chi connectivity index (χ4v) is 1.57. The zero-order chi connectivity index (χ0) is 9.97. The Morgan fingerprint density at radius 3 is 2.50 bits per heavy atom. The summed E-state index contributed by atoms with van der Waals surface area (Å²) in [6.07, 6.45) is 0.976. The third-order valence-corrected chi connectivity index (χ3v) is 2.50. The minimum Gasteiger partial charge on any atom is -0.303 e. The van der Waals surface area contributed by atoms with Crippen molar-refractivity contribution in [2.75, 3.05) is 0 Å². The van der Waals surface area contributed by atoms with E-state index in [0.717, 1.165) is 11.8 Å². The molecular weight excluding hydrogens is 172 g/mol. The SMILES string of the molecule is C[C@H](C=O)c1ccc2ccccc2c1. The van der Waals surface area contributed by atoms with Gasteiger partial charge in [0.05, 0.1) is 0 Å². The Morgan fingerprint density at radius 2 is 1.79 bits per heavy atom. The first kappa shape index (κ1) is 8.95. The lowest BCUT2D eigenvalue weighted by Gasteiger charge is -2.05. The Bertz CT molecular complexity index is 459. The minimum absolute atomic E-state index is 0.0143. The zero-order valence-corrected chi connectivity index (χ0v) is 8.10. The average molecular weight is 184 g/mol. The van der Waals surface area contributed by atoms with Crippen LogP contribution in [0.3, 0.4) is 0 Å². The molecule has 0 amide bonds. The highest BCUT2D eigenvalue weighted by Gasteiger charge is 2.03. The molecule has 1 heteroatoms. The van der Waals surface area contributed by atoms with Crippen LogP contribution in [0.5, 0.6) is 0 Å². The first-order valence-corrected chi connectivity index (χ1v) is 4.75. The van der Waals surface area contributed by atoms with E-state index in [4.69, 9.17) is 0 Å². The lowest BCUT2D eigenvalue weighted by atomic mass is 9.99. The van der Waals surface area contributed by atoms with Gasteiger partial charge in [0.15, 0.2) is 0 Å². The molecule has 0 saturated heterocycles. The van der Waals surface area contributed by atoms with Crippen molar-refractivity contribution in [3.05, 3.63) is 48.0 Å². The molecule has 0 aliphatic carbocycles. The van der Waals surface area contributed by atoms with Crippen molar-refractivity contribution in [3.63, 3.8) is 0 Å². The minimum atomic E-state index is -0.0143. The summed E-state index contributed by atoms with van der Waals surface area (Å²) in [5.74, 6) is -0.0143. The highest BCUT2D eigenvalue weighted by Crippen LogP contribution is 2.20. The van der Waals surface area contributed by atoms with Crippen molar-refractivity contribution in [1.29, 1.82) is 0 Å². The van der Waals surface area contributed by atoms with Gasteiger partial charge in [-0.15, -0.1) is 0 Å². The van der Waals surface area contributed by atoms with Crippen LogP contribution in [0.25, 0.3) is 10.8 Å². The van der Waals surface area contributed by atoms with E-state index in [9.17, 15) is 4.79 Å². The molecule has 0 radical (unpaired) electrons. The Labute approximate surface area is 83.4 Å². The number of carbonyl (C=O) groups is 1. The van der Waals surface area contributed by atoms with E-state index in [1.54, 1.807) is 0 Å². The second-order valence-corrected chi connectivity index (χ2v) is 3.53. The van der Waals surface area contributed by atoms with E-state index in [0.29, 0.717) is 0 Å². The summed E-state index contributed by atoms with van der Waals surface area (Å²) >= 11 is 0. The fourth-order valence-electron chi connectivity index (χ4n) is 1.57. The van der Waals surface area contributed by atoms with Crippen LogP contribution < -0.4 is 0 Å². The van der Waals surface area contributed by atoms with Crippen molar-refractivity contribution < 1.29 is 4.79 Å². The Kier molecular flexibility index (Phi) is 2.32. The predicted molar refractivity (Wildman–Crippen MR) is 58.4 cm³/mol. The molecule has 0 heterocycles. The number of hydrogen-bond acceptors (Lipinski definition) is 1. The maximum Gasteiger partial charge on any atom is 0.127 e. The first-order chi connectivity index (χ1) is 6.81. The van der Waals surface area contributed by atoms with Crippen molar-refractivity contribution in [3.8, 4) is 0 Å². The molecule has 1 atom stereocenters. The molecule has 0 bridgehead atoms. The summed E-state index contributed by atoms with van der Waals surface area (Å²) in [6.45, 7) is 1.91. The van der Waals surface area contributed by atoms with Crippen molar-refractivity contribution in [2.24, 2.45) is 0 Å². The molecule has 2 rings (SSSR count). The molecule has 2 aromatic rings. The van der Waals surface area contributed by atoms with Crippen LogP contribution in [-0.4, -0.2) is 6.29 Å². The van der Waals surface area contributed by atoms with Gasteiger partial charge in [-0.25, -0.2) is 0 Å². The number of aldehydes is 1. The second kappa shape index (κ2) is 3.62. The van der Waals surface area contributed by atoms with E-state index in [1.165, 1.54) is 10.8 Å². The number of rotatable bonds is 2. The largest absolute Gasteiger partial charge is 0.303 e. The van der Waals surface area contributed by atoms with Gasteiger partial charge >= 0.3 is 0 Å². The third-order valence-electron chi connectivity index (χ3n) is 2.50. The maximum atomic E-state index is 10.6. The molecule has 70 valence electrons. The third kappa shape index (κ3) is 1.53. The Morgan fingerprint density at radius 1 is 1.07 bits per heavy atom. The zero-order valence-electron chi connectivity index (χ0n) is 8.10. The van der Waals surface area contributed by atoms with Gasteiger partial charge in [-0.3, -0.25) is 0 Å². The van der Waals surface area contributed by atoms with Crippen LogP contribution in [-0.2, 0) is 4.79 Å². The molecule has 0 N–H and O–H groups in total. The maximum absolute atomic E-state index is 10.6. The van der Waals surface area contributed by atoms with Crippen LogP contribution in [0.1, 0.15) is 18.4 Å². The molecule has 0 aliphatic rings. The van der Waals surface area contributed by atoms with E-state index < -0.39 is 0 Å². The molecule has 0 aliphatic heterocycles. The second-order valence-electron chi connectivity index (χ2n) is 3.53. The van der Waals surface area contributed by atoms with Gasteiger partial charge < -0.3 is 4.79 Å². The number of benzene rings is 2. The van der Waals surface area contributed by atoms with Gasteiger partial charge in [-0.2, -0.15) is 0 Å². The van der Waals surface area contributed by atoms with Gasteiger partial charge in [0.2, 0.25) is 0 Å². The smallest absolute Gasteiger partial charge is 0.127 e. The average Bonchev–Trinajstić information content (AvgIpc) is 2.27. The van der Waals surface area contributed by atoms with Crippen LogP contribution in [0.4, 0.5) is 0 Å². The molecule has 0 aromatic heterocycles. The number of carbonyl (C=O) groups excluding carboxylic acids is 1. The molecule has 14 heavy (non-hydrogen) atoms.